The van der Waals surface area contributed by atoms with Crippen LogP contribution in [0.3, 0.4) is 0 Å². The third-order valence-corrected chi connectivity index (χ3v) is 6.23. The van der Waals surface area contributed by atoms with E-state index in [4.69, 9.17) is 11.6 Å². The standard InChI is InChI=1S/C24H31ClN2O2S/c1-4-18(3)26-24(29)22(5-2)27(15-19-11-13-21(25)14-12-19)23(28)17-30-16-20-9-7-6-8-10-20/h6-14,18,22H,4-5,15-17H2,1-3H3,(H,26,29)/t18-,22+/m1/s1. The highest BCUT2D eigenvalue weighted by Crippen LogP contribution is 2.18. The van der Waals surface area contributed by atoms with Gasteiger partial charge < -0.3 is 10.2 Å². The van der Waals surface area contributed by atoms with Gasteiger partial charge in [-0.25, -0.2) is 0 Å². The van der Waals surface area contributed by atoms with Gasteiger partial charge in [-0.1, -0.05) is 67.9 Å². The molecule has 2 amide bonds. The lowest BCUT2D eigenvalue weighted by molar-refractivity contribution is -0.139. The number of halogens is 1. The molecule has 0 fully saturated rings. The Labute approximate surface area is 189 Å². The molecule has 0 aliphatic rings. The van der Waals surface area contributed by atoms with E-state index in [0.29, 0.717) is 23.7 Å². The molecule has 0 saturated heterocycles. The predicted octanol–water partition coefficient (Wildman–Crippen LogP) is 5.30. The first-order chi connectivity index (χ1) is 14.4. The molecule has 2 aromatic rings. The molecule has 0 aliphatic heterocycles. The molecule has 2 rings (SSSR count). The van der Waals surface area contributed by atoms with Crippen LogP contribution in [0.2, 0.25) is 5.02 Å². The molecule has 1 N–H and O–H groups in total. The van der Waals surface area contributed by atoms with Gasteiger partial charge in [0.2, 0.25) is 11.8 Å². The number of hydrogen-bond donors (Lipinski definition) is 1. The Balaban J connectivity index is 2.12. The maximum atomic E-state index is 13.2. The van der Waals surface area contributed by atoms with Crippen LogP contribution in [0.15, 0.2) is 54.6 Å². The van der Waals surface area contributed by atoms with Crippen LogP contribution in [0.25, 0.3) is 0 Å². The van der Waals surface area contributed by atoms with Crippen LogP contribution in [-0.4, -0.2) is 34.6 Å². The second-order valence-corrected chi connectivity index (χ2v) is 8.79. The average molecular weight is 447 g/mol. The van der Waals surface area contributed by atoms with E-state index < -0.39 is 6.04 Å². The van der Waals surface area contributed by atoms with Crippen molar-refractivity contribution in [2.75, 3.05) is 5.75 Å². The van der Waals surface area contributed by atoms with Gasteiger partial charge in [0.25, 0.3) is 0 Å². The van der Waals surface area contributed by atoms with Crippen LogP contribution in [0, 0.1) is 0 Å². The van der Waals surface area contributed by atoms with Crippen molar-refractivity contribution >= 4 is 35.2 Å². The number of nitrogens with one attached hydrogen (secondary N) is 1. The van der Waals surface area contributed by atoms with Crippen molar-refractivity contribution in [3.05, 3.63) is 70.7 Å². The summed E-state index contributed by atoms with van der Waals surface area (Å²) in [6.45, 7) is 6.34. The van der Waals surface area contributed by atoms with Crippen LogP contribution in [0.4, 0.5) is 0 Å². The number of hydrogen-bond acceptors (Lipinski definition) is 3. The number of benzene rings is 2. The monoisotopic (exact) mass is 446 g/mol. The first-order valence-corrected chi connectivity index (χ1v) is 11.9. The normalized spacial score (nSPS) is 12.8. The minimum atomic E-state index is -0.500. The minimum absolute atomic E-state index is 0.0305. The fourth-order valence-electron chi connectivity index (χ4n) is 3.06. The van der Waals surface area contributed by atoms with Gasteiger partial charge in [-0.3, -0.25) is 9.59 Å². The number of rotatable bonds is 11. The van der Waals surface area contributed by atoms with Crippen LogP contribution < -0.4 is 5.32 Å². The van der Waals surface area contributed by atoms with E-state index in [1.54, 1.807) is 16.7 Å². The Morgan fingerprint density at radius 3 is 2.27 bits per heavy atom. The highest BCUT2D eigenvalue weighted by molar-refractivity contribution is 7.99. The summed E-state index contributed by atoms with van der Waals surface area (Å²) < 4.78 is 0. The first kappa shape index (κ1) is 24.3. The number of carbonyl (C=O) groups is 2. The SMILES string of the molecule is CC[C@@H](C)NC(=O)[C@H](CC)N(Cc1ccc(Cl)cc1)C(=O)CSCc1ccccc1. The fourth-order valence-corrected chi connectivity index (χ4v) is 4.06. The molecule has 0 aromatic heterocycles. The van der Waals surface area contributed by atoms with E-state index >= 15 is 0 Å². The summed E-state index contributed by atoms with van der Waals surface area (Å²) in [6.07, 6.45) is 1.41. The maximum absolute atomic E-state index is 13.2. The Hall–Kier alpha value is -1.98. The fraction of sp³-hybridized carbons (Fsp3) is 0.417. The third-order valence-electron chi connectivity index (χ3n) is 4.99. The van der Waals surface area contributed by atoms with Gasteiger partial charge in [0, 0.05) is 23.4 Å². The second-order valence-electron chi connectivity index (χ2n) is 7.37. The van der Waals surface area contributed by atoms with Gasteiger partial charge in [-0.05, 0) is 43.0 Å². The molecule has 0 bridgehead atoms. The van der Waals surface area contributed by atoms with Gasteiger partial charge in [0.05, 0.1) is 5.75 Å². The number of amides is 2. The summed E-state index contributed by atoms with van der Waals surface area (Å²) >= 11 is 7.57. The van der Waals surface area contributed by atoms with Gasteiger partial charge >= 0.3 is 0 Å². The highest BCUT2D eigenvalue weighted by atomic mass is 35.5. The molecular formula is C24H31ClN2O2S. The first-order valence-electron chi connectivity index (χ1n) is 10.4. The van der Waals surface area contributed by atoms with E-state index in [1.807, 2.05) is 63.2 Å². The van der Waals surface area contributed by atoms with Crippen molar-refractivity contribution in [3.63, 3.8) is 0 Å². The van der Waals surface area contributed by atoms with E-state index in [0.717, 1.165) is 17.7 Å². The summed E-state index contributed by atoms with van der Waals surface area (Å²) in [5, 5.41) is 3.68. The lowest BCUT2D eigenvalue weighted by atomic mass is 10.1. The number of carbonyl (C=O) groups excluding carboxylic acids is 2. The van der Waals surface area contributed by atoms with Gasteiger partial charge in [0.15, 0.2) is 0 Å². The molecule has 4 nitrogen and oxygen atoms in total. The highest BCUT2D eigenvalue weighted by Gasteiger charge is 2.29. The molecule has 6 heteroatoms. The molecule has 162 valence electrons. The Morgan fingerprint density at radius 1 is 1.00 bits per heavy atom. The van der Waals surface area contributed by atoms with Crippen molar-refractivity contribution in [3.8, 4) is 0 Å². The van der Waals surface area contributed by atoms with Gasteiger partial charge in [-0.15, -0.1) is 11.8 Å². The summed E-state index contributed by atoms with van der Waals surface area (Å²) in [5.41, 5.74) is 2.14. The zero-order chi connectivity index (χ0) is 21.9. The zero-order valence-corrected chi connectivity index (χ0v) is 19.5. The number of nitrogens with zero attached hydrogens (tertiary/aromatic N) is 1. The Morgan fingerprint density at radius 2 is 1.67 bits per heavy atom. The van der Waals surface area contributed by atoms with E-state index in [1.165, 1.54) is 5.56 Å². The largest absolute Gasteiger partial charge is 0.352 e. The lowest BCUT2D eigenvalue weighted by Crippen LogP contribution is -2.51. The third kappa shape index (κ3) is 7.69. The lowest BCUT2D eigenvalue weighted by Gasteiger charge is -2.31. The smallest absolute Gasteiger partial charge is 0.243 e. The van der Waals surface area contributed by atoms with E-state index in [-0.39, 0.29) is 17.9 Å². The molecule has 0 unspecified atom stereocenters. The summed E-state index contributed by atoms with van der Waals surface area (Å²) in [5.74, 6) is 0.964. The van der Waals surface area contributed by atoms with Gasteiger partial charge in [0.1, 0.15) is 6.04 Å². The van der Waals surface area contributed by atoms with E-state index in [2.05, 4.69) is 17.4 Å². The molecule has 30 heavy (non-hydrogen) atoms. The molecular weight excluding hydrogens is 416 g/mol. The van der Waals surface area contributed by atoms with Crippen LogP contribution in [0.1, 0.15) is 44.7 Å². The number of thioether (sulfide) groups is 1. The average Bonchev–Trinajstić information content (AvgIpc) is 2.75. The van der Waals surface area contributed by atoms with Crippen molar-refractivity contribution in [2.24, 2.45) is 0 Å². The molecule has 2 atom stereocenters. The Bertz CT molecular complexity index is 799. The molecule has 0 heterocycles. The summed E-state index contributed by atoms with van der Waals surface area (Å²) in [4.78, 5) is 27.8. The topological polar surface area (TPSA) is 49.4 Å². The predicted molar refractivity (Wildman–Crippen MR) is 127 cm³/mol. The molecule has 0 saturated carbocycles. The second kappa shape index (κ2) is 12.7. The maximum Gasteiger partial charge on any atom is 0.243 e. The zero-order valence-electron chi connectivity index (χ0n) is 17.9. The summed E-state index contributed by atoms with van der Waals surface area (Å²) in [6, 6.07) is 17.1. The quantitative estimate of drug-likeness (QED) is 0.509. The molecule has 2 aromatic carbocycles. The molecule has 0 aliphatic carbocycles. The Kier molecular flexibility index (Phi) is 10.2. The van der Waals surface area contributed by atoms with Crippen LogP contribution in [-0.2, 0) is 21.9 Å². The van der Waals surface area contributed by atoms with Crippen molar-refractivity contribution in [1.82, 2.24) is 10.2 Å². The molecule has 0 spiro atoms. The van der Waals surface area contributed by atoms with Crippen LogP contribution >= 0.6 is 23.4 Å². The van der Waals surface area contributed by atoms with Gasteiger partial charge in [-0.2, -0.15) is 0 Å². The van der Waals surface area contributed by atoms with E-state index in [9.17, 15) is 9.59 Å². The van der Waals surface area contributed by atoms with Crippen molar-refractivity contribution in [2.45, 2.75) is 58.0 Å². The van der Waals surface area contributed by atoms with Crippen molar-refractivity contribution in [1.29, 1.82) is 0 Å². The molecule has 0 radical (unpaired) electrons. The van der Waals surface area contributed by atoms with Crippen LogP contribution in [0.5, 0.6) is 0 Å². The summed E-state index contributed by atoms with van der Waals surface area (Å²) in [7, 11) is 0. The minimum Gasteiger partial charge on any atom is -0.352 e. The van der Waals surface area contributed by atoms with Crippen molar-refractivity contribution < 1.29 is 9.59 Å².